The maximum absolute atomic E-state index is 13.3. The molecular weight excluding hydrogens is 257 g/mol. The zero-order valence-corrected chi connectivity index (χ0v) is 12.0. The summed E-state index contributed by atoms with van der Waals surface area (Å²) in [7, 11) is 0. The van der Waals surface area contributed by atoms with Crippen molar-refractivity contribution in [3.8, 4) is 0 Å². The van der Waals surface area contributed by atoms with Crippen molar-refractivity contribution >= 4 is 23.4 Å². The van der Waals surface area contributed by atoms with Crippen LogP contribution < -0.4 is 5.32 Å². The third kappa shape index (κ3) is 4.49. The molecule has 0 amide bonds. The third-order valence-corrected chi connectivity index (χ3v) is 3.83. The van der Waals surface area contributed by atoms with Gasteiger partial charge in [0.2, 0.25) is 0 Å². The lowest BCUT2D eigenvalue weighted by Crippen LogP contribution is -2.33. The van der Waals surface area contributed by atoms with Gasteiger partial charge in [-0.2, -0.15) is 11.8 Å². The predicted molar refractivity (Wildman–Crippen MR) is 75.4 cm³/mol. The van der Waals surface area contributed by atoms with Gasteiger partial charge in [0.1, 0.15) is 5.82 Å². The minimum Gasteiger partial charge on any atom is -0.307 e. The zero-order chi connectivity index (χ0) is 12.8. The molecule has 0 aliphatic heterocycles. The molecule has 0 saturated carbocycles. The van der Waals surface area contributed by atoms with E-state index in [0.29, 0.717) is 6.04 Å². The van der Waals surface area contributed by atoms with Crippen LogP contribution in [0, 0.1) is 5.82 Å². The van der Waals surface area contributed by atoms with Crippen molar-refractivity contribution in [1.29, 1.82) is 0 Å². The highest BCUT2D eigenvalue weighted by molar-refractivity contribution is 7.98. The summed E-state index contributed by atoms with van der Waals surface area (Å²) < 4.78 is 13.3. The van der Waals surface area contributed by atoms with Crippen LogP contribution in [0.4, 0.5) is 4.39 Å². The Labute approximate surface area is 112 Å². The highest BCUT2D eigenvalue weighted by atomic mass is 35.5. The number of hydrogen-bond donors (Lipinski definition) is 1. The van der Waals surface area contributed by atoms with Crippen LogP contribution >= 0.6 is 23.4 Å². The number of nitrogens with one attached hydrogen (secondary N) is 1. The average Bonchev–Trinajstić information content (AvgIpc) is 2.31. The van der Waals surface area contributed by atoms with Crippen LogP contribution in [0.5, 0.6) is 0 Å². The van der Waals surface area contributed by atoms with Gasteiger partial charge in [0.05, 0.1) is 5.02 Å². The molecule has 0 aliphatic carbocycles. The molecule has 2 unspecified atom stereocenters. The highest BCUT2D eigenvalue weighted by Gasteiger charge is 2.12. The van der Waals surface area contributed by atoms with Gasteiger partial charge in [-0.25, -0.2) is 4.39 Å². The smallest absolute Gasteiger partial charge is 0.142 e. The van der Waals surface area contributed by atoms with E-state index in [1.165, 1.54) is 6.07 Å². The van der Waals surface area contributed by atoms with Gasteiger partial charge in [-0.05, 0) is 37.3 Å². The van der Waals surface area contributed by atoms with E-state index >= 15 is 0 Å². The maximum Gasteiger partial charge on any atom is 0.142 e. The maximum atomic E-state index is 13.3. The van der Waals surface area contributed by atoms with Gasteiger partial charge in [-0.3, -0.25) is 0 Å². The minimum absolute atomic E-state index is 0.138. The second-order valence-electron chi connectivity index (χ2n) is 4.12. The molecular formula is C13H19ClFNS. The molecule has 1 aromatic rings. The largest absolute Gasteiger partial charge is 0.307 e. The number of hydrogen-bond acceptors (Lipinski definition) is 2. The van der Waals surface area contributed by atoms with E-state index in [1.54, 1.807) is 6.07 Å². The van der Waals surface area contributed by atoms with Crippen LogP contribution in [0.15, 0.2) is 18.2 Å². The fourth-order valence-electron chi connectivity index (χ4n) is 1.72. The highest BCUT2D eigenvalue weighted by Crippen LogP contribution is 2.21. The van der Waals surface area contributed by atoms with E-state index in [1.807, 2.05) is 24.8 Å². The Morgan fingerprint density at radius 3 is 2.71 bits per heavy atom. The van der Waals surface area contributed by atoms with E-state index in [9.17, 15) is 4.39 Å². The second-order valence-corrected chi connectivity index (χ2v) is 5.44. The van der Waals surface area contributed by atoms with Gasteiger partial charge >= 0.3 is 0 Å². The second kappa shape index (κ2) is 7.24. The van der Waals surface area contributed by atoms with Gasteiger partial charge in [0.25, 0.3) is 0 Å². The first-order chi connectivity index (χ1) is 8.08. The summed E-state index contributed by atoms with van der Waals surface area (Å²) in [5, 5.41) is 3.68. The first kappa shape index (κ1) is 14.8. The first-order valence-electron chi connectivity index (χ1n) is 5.78. The van der Waals surface area contributed by atoms with E-state index in [0.717, 1.165) is 17.7 Å². The molecule has 0 aliphatic rings. The molecule has 96 valence electrons. The lowest BCUT2D eigenvalue weighted by molar-refractivity contribution is 0.473. The summed E-state index contributed by atoms with van der Waals surface area (Å²) in [5.41, 5.74) is 0.937. The van der Waals surface area contributed by atoms with E-state index < -0.39 is 0 Å². The Hall–Kier alpha value is -0.250. The summed E-state index contributed by atoms with van der Waals surface area (Å²) >= 11 is 7.49. The first-order valence-corrected chi connectivity index (χ1v) is 7.55. The number of halogens is 2. The molecule has 2 atom stereocenters. The van der Waals surface area contributed by atoms with Crippen LogP contribution in [-0.4, -0.2) is 18.1 Å². The van der Waals surface area contributed by atoms with Gasteiger partial charge in [0, 0.05) is 17.8 Å². The summed E-state index contributed by atoms with van der Waals surface area (Å²) in [4.78, 5) is 0. The fraction of sp³-hybridized carbons (Fsp3) is 0.538. The van der Waals surface area contributed by atoms with E-state index in [4.69, 9.17) is 11.6 Å². The van der Waals surface area contributed by atoms with Crippen molar-refractivity contribution in [1.82, 2.24) is 5.32 Å². The van der Waals surface area contributed by atoms with Crippen LogP contribution in [0.3, 0.4) is 0 Å². The number of thioether (sulfide) groups is 1. The van der Waals surface area contributed by atoms with Crippen molar-refractivity contribution in [3.05, 3.63) is 34.6 Å². The molecule has 1 aromatic carbocycles. The molecule has 1 rings (SSSR count). The molecule has 0 spiro atoms. The summed E-state index contributed by atoms with van der Waals surface area (Å²) in [5.74, 6) is 0.715. The molecule has 0 fully saturated rings. The minimum atomic E-state index is -0.351. The molecule has 4 heteroatoms. The Bertz CT molecular complexity index is 359. The molecule has 0 bridgehead atoms. The van der Waals surface area contributed by atoms with E-state index in [2.05, 4.69) is 18.5 Å². The summed E-state index contributed by atoms with van der Waals surface area (Å²) in [6, 6.07) is 5.58. The number of benzene rings is 1. The van der Waals surface area contributed by atoms with Crippen molar-refractivity contribution in [2.24, 2.45) is 0 Å². The predicted octanol–water partition coefficient (Wildman–Crippen LogP) is 4.27. The van der Waals surface area contributed by atoms with Crippen LogP contribution in [0.2, 0.25) is 5.02 Å². The Morgan fingerprint density at radius 1 is 1.47 bits per heavy atom. The zero-order valence-electron chi connectivity index (χ0n) is 10.5. The molecule has 0 heterocycles. The van der Waals surface area contributed by atoms with Crippen LogP contribution in [-0.2, 0) is 0 Å². The van der Waals surface area contributed by atoms with Crippen LogP contribution in [0.25, 0.3) is 0 Å². The monoisotopic (exact) mass is 275 g/mol. The normalized spacial score (nSPS) is 14.6. The molecule has 0 aromatic heterocycles. The molecule has 0 radical (unpaired) electrons. The van der Waals surface area contributed by atoms with Gasteiger partial charge in [0.15, 0.2) is 0 Å². The SMILES string of the molecule is CCC(CSC)NC(C)c1ccc(Cl)c(F)c1. The average molecular weight is 276 g/mol. The fourth-order valence-corrected chi connectivity index (χ4v) is 2.57. The van der Waals surface area contributed by atoms with Gasteiger partial charge < -0.3 is 5.32 Å². The lowest BCUT2D eigenvalue weighted by Gasteiger charge is -2.22. The third-order valence-electron chi connectivity index (χ3n) is 2.79. The quantitative estimate of drug-likeness (QED) is 0.832. The van der Waals surface area contributed by atoms with Gasteiger partial charge in [-0.15, -0.1) is 0 Å². The molecule has 1 N–H and O–H groups in total. The standard InChI is InChI=1S/C13H19ClFNS/c1-4-11(8-17-3)16-9(2)10-5-6-12(14)13(15)7-10/h5-7,9,11,16H,4,8H2,1-3H3. The molecule has 1 nitrogen and oxygen atoms in total. The van der Waals surface area contributed by atoms with Crippen molar-refractivity contribution in [2.75, 3.05) is 12.0 Å². The van der Waals surface area contributed by atoms with Crippen LogP contribution in [0.1, 0.15) is 31.9 Å². The molecule has 17 heavy (non-hydrogen) atoms. The summed E-state index contributed by atoms with van der Waals surface area (Å²) in [6.07, 6.45) is 3.16. The van der Waals surface area contributed by atoms with Crippen molar-refractivity contribution in [2.45, 2.75) is 32.4 Å². The Morgan fingerprint density at radius 2 is 2.18 bits per heavy atom. The lowest BCUT2D eigenvalue weighted by atomic mass is 10.1. The molecule has 0 saturated heterocycles. The number of rotatable bonds is 6. The van der Waals surface area contributed by atoms with Gasteiger partial charge in [-0.1, -0.05) is 24.6 Å². The topological polar surface area (TPSA) is 12.0 Å². The Kier molecular flexibility index (Phi) is 6.31. The van der Waals surface area contributed by atoms with Crippen molar-refractivity contribution in [3.63, 3.8) is 0 Å². The summed E-state index contributed by atoms with van der Waals surface area (Å²) in [6.45, 7) is 4.20. The van der Waals surface area contributed by atoms with E-state index in [-0.39, 0.29) is 16.9 Å². The Balaban J connectivity index is 2.68. The van der Waals surface area contributed by atoms with Crippen molar-refractivity contribution < 1.29 is 4.39 Å².